The molecule has 0 fully saturated rings. The van der Waals surface area contributed by atoms with Crippen molar-refractivity contribution in [2.75, 3.05) is 0 Å². The number of carbonyl (C=O) groups is 1. The van der Waals surface area contributed by atoms with Gasteiger partial charge in [0.15, 0.2) is 0 Å². The molecule has 3 nitrogen and oxygen atoms in total. The molecular formula is CH2MoNO2. The maximum absolute atomic E-state index is 9.47. The maximum atomic E-state index is 9.47. The Morgan fingerprint density at radius 1 is 2.00 bits per heavy atom. The Balaban J connectivity index is 2.85. The molecule has 0 aliphatic rings. The third-order valence-corrected chi connectivity index (χ3v) is 0.333. The van der Waals surface area contributed by atoms with Crippen molar-refractivity contribution in [3.8, 4) is 0 Å². The molecule has 0 spiro atoms. The van der Waals surface area contributed by atoms with Gasteiger partial charge in [-0.3, -0.25) is 0 Å². The van der Waals surface area contributed by atoms with E-state index in [4.69, 9.17) is 0 Å². The summed E-state index contributed by atoms with van der Waals surface area (Å²) in [5.41, 5.74) is 0. The van der Waals surface area contributed by atoms with Gasteiger partial charge < -0.3 is 0 Å². The molecule has 0 atom stereocenters. The minimum absolute atomic E-state index is 0.458. The summed E-state index contributed by atoms with van der Waals surface area (Å²) in [4.78, 5) is 13.1. The Morgan fingerprint density at radius 3 is 2.20 bits per heavy atom. The second kappa shape index (κ2) is 2.36. The number of nitrogens with two attached hydrogens (primary N) is 1. The topological polar surface area (TPSA) is 52.3 Å². The van der Waals surface area contributed by atoms with Crippen LogP contribution in [0.5, 0.6) is 0 Å². The molecular weight excluding hydrogens is 154 g/mol. The van der Waals surface area contributed by atoms with Gasteiger partial charge in [0.1, 0.15) is 0 Å². The molecule has 0 rings (SSSR count). The van der Waals surface area contributed by atoms with Crippen LogP contribution in [-0.4, -0.2) is 4.36 Å². The third-order valence-electron chi connectivity index (χ3n) is 0.0962. The first-order valence-corrected chi connectivity index (χ1v) is 1.85. The van der Waals surface area contributed by atoms with Gasteiger partial charge in [-0.2, -0.15) is 0 Å². The summed E-state index contributed by atoms with van der Waals surface area (Å²) >= 11 is 1.17. The first kappa shape index (κ1) is 5.12. The van der Waals surface area contributed by atoms with Crippen LogP contribution in [0.1, 0.15) is 0 Å². The molecule has 0 heterocycles. The van der Waals surface area contributed by atoms with Gasteiger partial charge in [0.2, 0.25) is 0 Å². The van der Waals surface area contributed by atoms with E-state index in [1.54, 1.807) is 0 Å². The zero-order valence-electron chi connectivity index (χ0n) is 2.30. The van der Waals surface area contributed by atoms with Crippen LogP contribution in [0, 0.1) is 0 Å². The fourth-order valence-electron chi connectivity index (χ4n) is 0. The van der Waals surface area contributed by atoms with Crippen molar-refractivity contribution >= 4 is 4.36 Å². The van der Waals surface area contributed by atoms with Crippen molar-refractivity contribution in [3.05, 3.63) is 0 Å². The van der Waals surface area contributed by atoms with Crippen molar-refractivity contribution < 1.29 is 29.4 Å². The van der Waals surface area contributed by atoms with E-state index >= 15 is 0 Å². The molecule has 0 aromatic rings. The monoisotopic (exact) mass is 158 g/mol. The average molecular weight is 156 g/mol. The quantitative estimate of drug-likeness (QED) is 0.381. The zero-order chi connectivity index (χ0) is 4.28. The van der Waals surface area contributed by atoms with E-state index in [2.05, 4.69) is 10.7 Å². The van der Waals surface area contributed by atoms with Crippen LogP contribution in [0.4, 0.5) is 4.79 Å². The Labute approximate surface area is 40.3 Å². The second-order valence-corrected chi connectivity index (χ2v) is 1.19. The van der Waals surface area contributed by atoms with Crippen molar-refractivity contribution in [3.63, 3.8) is 0 Å². The number of rotatable bonds is 0. The Morgan fingerprint density at radius 2 is 2.20 bits per heavy atom. The van der Waals surface area contributed by atoms with Gasteiger partial charge in [-0.15, -0.1) is 0 Å². The summed E-state index contributed by atoms with van der Waals surface area (Å²) < 4.78 is -0.458. The summed E-state index contributed by atoms with van der Waals surface area (Å²) in [6, 6.07) is 0. The van der Waals surface area contributed by atoms with Gasteiger partial charge in [-0.25, -0.2) is 0 Å². The SMILES string of the molecule is NO[C](=O)[Mo]. The van der Waals surface area contributed by atoms with Gasteiger partial charge in [-0.05, 0) is 0 Å². The number of hydrogen-bond donors (Lipinski definition) is 1. The molecule has 0 saturated heterocycles. The fourth-order valence-corrected chi connectivity index (χ4v) is 0. The van der Waals surface area contributed by atoms with Crippen LogP contribution >= 0.6 is 0 Å². The standard InChI is InChI=1S/CH2NO2.Mo/c2-4-1-3;/h2H2;. The third kappa shape index (κ3) is 4.12. The second-order valence-electron chi connectivity index (χ2n) is 0.368. The van der Waals surface area contributed by atoms with Crippen LogP contribution < -0.4 is 5.90 Å². The Hall–Kier alpha value is 0.118. The van der Waals surface area contributed by atoms with E-state index in [9.17, 15) is 4.79 Å². The van der Waals surface area contributed by atoms with E-state index in [0.717, 1.165) is 0 Å². The van der Waals surface area contributed by atoms with Crippen molar-refractivity contribution in [1.82, 2.24) is 0 Å². The summed E-state index contributed by atoms with van der Waals surface area (Å²) in [5.74, 6) is 4.32. The van der Waals surface area contributed by atoms with E-state index in [1.807, 2.05) is 0 Å². The number of hydrogen-bond acceptors (Lipinski definition) is 3. The van der Waals surface area contributed by atoms with E-state index < -0.39 is 4.36 Å². The van der Waals surface area contributed by atoms with Gasteiger partial charge in [0.05, 0.1) is 0 Å². The van der Waals surface area contributed by atoms with Crippen molar-refractivity contribution in [2.24, 2.45) is 5.90 Å². The van der Waals surface area contributed by atoms with E-state index in [1.165, 1.54) is 19.8 Å². The van der Waals surface area contributed by atoms with Crippen LogP contribution in [0.15, 0.2) is 0 Å². The summed E-state index contributed by atoms with van der Waals surface area (Å²) in [7, 11) is 0. The fraction of sp³-hybridized carbons (Fsp3) is 0. The molecule has 0 radical (unpaired) electrons. The minimum atomic E-state index is -0.458. The van der Waals surface area contributed by atoms with Gasteiger partial charge in [0, 0.05) is 0 Å². The predicted octanol–water partition coefficient (Wildman–Crippen LogP) is -0.456. The molecule has 4 heteroatoms. The molecule has 0 aromatic carbocycles. The summed E-state index contributed by atoms with van der Waals surface area (Å²) in [6.07, 6.45) is 0. The zero-order valence-corrected chi connectivity index (χ0v) is 4.31. The molecule has 5 heavy (non-hydrogen) atoms. The van der Waals surface area contributed by atoms with E-state index in [0.29, 0.717) is 0 Å². The first-order chi connectivity index (χ1) is 2.27. The number of carbonyl (C=O) groups excluding carboxylic acids is 1. The Kier molecular flexibility index (Phi) is 2.42. The normalized spacial score (nSPS) is 6.60. The van der Waals surface area contributed by atoms with Crippen LogP contribution in [-0.2, 0) is 24.7 Å². The molecule has 0 saturated carbocycles. The van der Waals surface area contributed by atoms with Crippen molar-refractivity contribution in [2.45, 2.75) is 0 Å². The molecule has 0 aliphatic carbocycles. The summed E-state index contributed by atoms with van der Waals surface area (Å²) in [5, 5.41) is 0. The Bertz CT molecular complexity index is 44.9. The summed E-state index contributed by atoms with van der Waals surface area (Å²) in [6.45, 7) is 0. The van der Waals surface area contributed by atoms with Crippen LogP contribution in [0.2, 0.25) is 0 Å². The van der Waals surface area contributed by atoms with Crippen LogP contribution in [0.3, 0.4) is 0 Å². The molecule has 29 valence electrons. The van der Waals surface area contributed by atoms with Crippen molar-refractivity contribution in [1.29, 1.82) is 0 Å². The van der Waals surface area contributed by atoms with Gasteiger partial charge >= 0.3 is 39.7 Å². The molecule has 0 unspecified atom stereocenters. The molecule has 2 N–H and O–H groups in total. The first-order valence-electron chi connectivity index (χ1n) is 0.848. The molecule has 0 amide bonds. The van der Waals surface area contributed by atoms with Gasteiger partial charge in [0.25, 0.3) is 0 Å². The van der Waals surface area contributed by atoms with Crippen LogP contribution in [0.25, 0.3) is 0 Å². The molecule has 0 bridgehead atoms. The average Bonchev–Trinajstić information content (AvgIpc) is 1.38. The van der Waals surface area contributed by atoms with E-state index in [-0.39, 0.29) is 0 Å². The predicted molar refractivity (Wildman–Crippen MR) is 10.7 cm³/mol. The van der Waals surface area contributed by atoms with Gasteiger partial charge in [-0.1, -0.05) is 0 Å². The molecule has 0 aliphatic heterocycles. The molecule has 0 aromatic heterocycles.